The van der Waals surface area contributed by atoms with Crippen LogP contribution in [0, 0.1) is 23.8 Å². The van der Waals surface area contributed by atoms with Crippen molar-refractivity contribution in [3.8, 4) is 11.3 Å². The van der Waals surface area contributed by atoms with Gasteiger partial charge in [-0.3, -0.25) is 9.96 Å². The van der Waals surface area contributed by atoms with E-state index in [4.69, 9.17) is 4.98 Å². The maximum Gasteiger partial charge on any atom is 0.243 e. The summed E-state index contributed by atoms with van der Waals surface area (Å²) in [5.41, 5.74) is 2.53. The van der Waals surface area contributed by atoms with Gasteiger partial charge >= 0.3 is 0 Å². The second kappa shape index (κ2) is 9.34. The van der Waals surface area contributed by atoms with Crippen molar-refractivity contribution in [2.75, 3.05) is 38.2 Å². The number of halogens is 2. The number of quaternary nitrogens is 1. The molecule has 34 heavy (non-hydrogen) atoms. The van der Waals surface area contributed by atoms with E-state index < -0.39 is 10.5 Å². The summed E-state index contributed by atoms with van der Waals surface area (Å²) in [4.78, 5) is 11.7. The molecular weight excluding hydrogens is 438 g/mol. The van der Waals surface area contributed by atoms with E-state index in [2.05, 4.69) is 20.5 Å². The third-order valence-electron chi connectivity index (χ3n) is 6.56. The van der Waals surface area contributed by atoms with Crippen molar-refractivity contribution in [2.24, 2.45) is 0 Å². The Kier molecular flexibility index (Phi) is 6.26. The Morgan fingerprint density at radius 2 is 1.91 bits per heavy atom. The van der Waals surface area contributed by atoms with Gasteiger partial charge in [0.05, 0.1) is 11.3 Å². The highest BCUT2D eigenvalue weighted by Gasteiger charge is 2.37. The molecule has 2 aliphatic heterocycles. The first kappa shape index (κ1) is 22.8. The number of fused-ring (bicyclic) bond motifs is 1. The van der Waals surface area contributed by atoms with Crippen molar-refractivity contribution < 1.29 is 8.78 Å². The van der Waals surface area contributed by atoms with E-state index in [-0.39, 0.29) is 24.0 Å². The van der Waals surface area contributed by atoms with Gasteiger partial charge in [-0.15, -0.1) is 0 Å². The van der Waals surface area contributed by atoms with Gasteiger partial charge in [0.15, 0.2) is 11.5 Å². The molecule has 1 fully saturated rings. The zero-order valence-corrected chi connectivity index (χ0v) is 19.2. The van der Waals surface area contributed by atoms with Crippen molar-refractivity contribution >= 4 is 17.5 Å². The van der Waals surface area contributed by atoms with Gasteiger partial charge in [0, 0.05) is 31.3 Å². The van der Waals surface area contributed by atoms with Crippen molar-refractivity contribution in [3.63, 3.8) is 0 Å². The van der Waals surface area contributed by atoms with Crippen molar-refractivity contribution in [1.29, 1.82) is 0 Å². The van der Waals surface area contributed by atoms with Gasteiger partial charge < -0.3 is 15.4 Å². The smallest absolute Gasteiger partial charge is 0.243 e. The number of aryl methyl sites for hydroxylation is 1. The van der Waals surface area contributed by atoms with E-state index in [1.54, 1.807) is 25.1 Å². The molecule has 2 N–H and O–H groups in total. The molecule has 1 atom stereocenters. The second-order valence-corrected chi connectivity index (χ2v) is 8.91. The summed E-state index contributed by atoms with van der Waals surface area (Å²) in [6, 6.07) is 10.5. The highest BCUT2D eigenvalue weighted by atomic mass is 19.1. The SMILES string of the molecule is Cc1cc(F)ccc1-c1nc(NCCN2CCCC2)nc2c1CNC[N+]2([O-])c1ccccc1F. The van der Waals surface area contributed by atoms with Crippen molar-refractivity contribution in [2.45, 2.75) is 26.3 Å². The van der Waals surface area contributed by atoms with E-state index >= 15 is 0 Å². The van der Waals surface area contributed by atoms with Gasteiger partial charge in [0.25, 0.3) is 0 Å². The Bertz CT molecular complexity index is 1200. The Balaban J connectivity index is 1.60. The van der Waals surface area contributed by atoms with E-state index in [1.807, 2.05) is 0 Å². The minimum Gasteiger partial charge on any atom is -0.620 e. The molecule has 2 aliphatic rings. The number of anilines is 1. The van der Waals surface area contributed by atoms with Crippen LogP contribution in [0.1, 0.15) is 24.0 Å². The number of hydroxylamine groups is 1. The molecule has 0 bridgehead atoms. The van der Waals surface area contributed by atoms with E-state index in [1.165, 1.54) is 37.1 Å². The van der Waals surface area contributed by atoms with Crippen LogP contribution >= 0.6 is 0 Å². The monoisotopic (exact) mass is 466 g/mol. The van der Waals surface area contributed by atoms with Gasteiger partial charge in [-0.2, -0.15) is 4.98 Å². The molecule has 178 valence electrons. The molecule has 9 heteroatoms. The number of nitrogens with zero attached hydrogens (tertiary/aromatic N) is 4. The predicted molar refractivity (Wildman–Crippen MR) is 129 cm³/mol. The summed E-state index contributed by atoms with van der Waals surface area (Å²) in [6.45, 7) is 5.72. The molecule has 1 saturated heterocycles. The van der Waals surface area contributed by atoms with Crippen LogP contribution in [-0.2, 0) is 6.54 Å². The molecule has 3 heterocycles. The van der Waals surface area contributed by atoms with E-state index in [0.29, 0.717) is 41.4 Å². The predicted octanol–water partition coefficient (Wildman–Crippen LogP) is 4.44. The Morgan fingerprint density at radius 3 is 2.68 bits per heavy atom. The van der Waals surface area contributed by atoms with Gasteiger partial charge in [0.1, 0.15) is 12.5 Å². The molecule has 1 aromatic heterocycles. The average molecular weight is 467 g/mol. The molecule has 3 aromatic rings. The fourth-order valence-corrected chi connectivity index (χ4v) is 4.82. The molecule has 0 aliphatic carbocycles. The van der Waals surface area contributed by atoms with Crippen LogP contribution < -0.4 is 15.3 Å². The third-order valence-corrected chi connectivity index (χ3v) is 6.56. The number of para-hydroxylation sites is 1. The minimum atomic E-state index is -1.08. The van der Waals surface area contributed by atoms with Gasteiger partial charge in [-0.1, -0.05) is 12.1 Å². The van der Waals surface area contributed by atoms with Gasteiger partial charge in [0.2, 0.25) is 11.8 Å². The summed E-state index contributed by atoms with van der Waals surface area (Å²) in [5, 5.41) is 20.5. The van der Waals surface area contributed by atoms with E-state index in [0.717, 1.165) is 19.6 Å². The number of likely N-dealkylation sites (tertiary alicyclic amines) is 1. The fraction of sp³-hybridized carbons (Fsp3) is 0.360. The Morgan fingerprint density at radius 1 is 1.12 bits per heavy atom. The topological polar surface area (TPSA) is 76.1 Å². The summed E-state index contributed by atoms with van der Waals surface area (Å²) >= 11 is 0. The van der Waals surface area contributed by atoms with Crippen LogP contribution in [0.2, 0.25) is 0 Å². The lowest BCUT2D eigenvalue weighted by molar-refractivity contribution is 0.352. The fourth-order valence-electron chi connectivity index (χ4n) is 4.82. The average Bonchev–Trinajstić information content (AvgIpc) is 3.33. The van der Waals surface area contributed by atoms with Crippen LogP contribution in [0.3, 0.4) is 0 Å². The molecule has 0 radical (unpaired) electrons. The quantitative estimate of drug-likeness (QED) is 0.413. The molecule has 7 nitrogen and oxygen atoms in total. The van der Waals surface area contributed by atoms with Crippen molar-refractivity contribution in [1.82, 2.24) is 24.8 Å². The zero-order chi connectivity index (χ0) is 23.7. The maximum atomic E-state index is 14.8. The molecule has 0 saturated carbocycles. The molecule has 0 amide bonds. The Hall–Kier alpha value is -2.98. The summed E-state index contributed by atoms with van der Waals surface area (Å²) in [6.07, 6.45) is 2.41. The standard InChI is InChI=1S/C25H28F2N6O/c1-17-14-18(26)8-9-19(17)23-20-15-28-16-33(34,22-7-3-2-6-21(22)27)24(20)31-25(30-23)29-10-13-32-11-4-5-12-32/h2-3,6-9,14,28H,4-5,10-13,15-16H2,1H3,(H,29,30,31). The minimum absolute atomic E-state index is 0.0144. The number of hydrogen-bond donors (Lipinski definition) is 2. The number of aromatic nitrogens is 2. The lowest BCUT2D eigenvalue weighted by Crippen LogP contribution is -2.50. The van der Waals surface area contributed by atoms with Crippen LogP contribution in [0.5, 0.6) is 0 Å². The third kappa shape index (κ3) is 4.27. The molecule has 5 rings (SSSR count). The zero-order valence-electron chi connectivity index (χ0n) is 19.2. The second-order valence-electron chi connectivity index (χ2n) is 8.91. The number of benzene rings is 2. The molecule has 2 aromatic carbocycles. The summed E-state index contributed by atoms with van der Waals surface area (Å²) in [5.74, 6) is -0.421. The number of nitrogens with one attached hydrogen (secondary N) is 2. The van der Waals surface area contributed by atoms with Crippen molar-refractivity contribution in [3.05, 3.63) is 70.4 Å². The maximum absolute atomic E-state index is 14.8. The number of rotatable bonds is 6. The van der Waals surface area contributed by atoms with Crippen LogP contribution in [-0.4, -0.2) is 47.7 Å². The largest absolute Gasteiger partial charge is 0.620 e. The number of hydrogen-bond acceptors (Lipinski definition) is 6. The summed E-state index contributed by atoms with van der Waals surface area (Å²) < 4.78 is 27.5. The lowest BCUT2D eigenvalue weighted by atomic mass is 10.00. The lowest BCUT2D eigenvalue weighted by Gasteiger charge is -2.44. The normalized spacial score (nSPS) is 20.4. The highest BCUT2D eigenvalue weighted by molar-refractivity contribution is 5.75. The van der Waals surface area contributed by atoms with Crippen LogP contribution in [0.25, 0.3) is 11.3 Å². The van der Waals surface area contributed by atoms with E-state index in [9.17, 15) is 14.0 Å². The van der Waals surface area contributed by atoms with Gasteiger partial charge in [-0.25, -0.2) is 13.8 Å². The molecule has 1 unspecified atom stereocenters. The van der Waals surface area contributed by atoms with Gasteiger partial charge in [-0.05, 0) is 62.7 Å². The van der Waals surface area contributed by atoms with Crippen LogP contribution in [0.4, 0.5) is 26.2 Å². The highest BCUT2D eigenvalue weighted by Crippen LogP contribution is 2.42. The molecule has 0 spiro atoms. The van der Waals surface area contributed by atoms with Crippen LogP contribution in [0.15, 0.2) is 42.5 Å². The Labute approximate surface area is 197 Å². The first-order chi connectivity index (χ1) is 16.5. The first-order valence-corrected chi connectivity index (χ1v) is 11.6. The summed E-state index contributed by atoms with van der Waals surface area (Å²) in [7, 11) is 0. The molecular formula is C25H28F2N6O. The first-order valence-electron chi connectivity index (χ1n) is 11.6.